The maximum absolute atomic E-state index is 10.3. The summed E-state index contributed by atoms with van der Waals surface area (Å²) in [7, 11) is 0. The van der Waals surface area contributed by atoms with E-state index in [0.717, 1.165) is 23.3 Å². The lowest BCUT2D eigenvalue weighted by atomic mass is 9.48. The molecule has 2 N–H and O–H groups in total. The second-order valence-electron chi connectivity index (χ2n) is 7.02. The van der Waals surface area contributed by atoms with Gasteiger partial charge in [0.2, 0.25) is 0 Å². The van der Waals surface area contributed by atoms with Crippen molar-refractivity contribution in [2.24, 2.45) is 17.8 Å². The number of hydrogen-bond donors (Lipinski definition) is 2. The standard InChI is InChI=1S/C16H19ClO2/c17-13-4-12(14(18)5-15(13)19)16-6-9-1-10(7-16)3-11(2-9)8-16/h4-5,9-11,18-19H,1-3,6-8H2. The van der Waals surface area contributed by atoms with Crippen molar-refractivity contribution in [1.29, 1.82) is 0 Å². The smallest absolute Gasteiger partial charge is 0.137 e. The van der Waals surface area contributed by atoms with Crippen LogP contribution < -0.4 is 0 Å². The number of rotatable bonds is 1. The average molecular weight is 279 g/mol. The number of phenols is 2. The van der Waals surface area contributed by atoms with Crippen LogP contribution in [0.1, 0.15) is 44.1 Å². The summed E-state index contributed by atoms with van der Waals surface area (Å²) in [5, 5.41) is 20.2. The van der Waals surface area contributed by atoms with Gasteiger partial charge in [0, 0.05) is 11.6 Å². The quantitative estimate of drug-likeness (QED) is 0.807. The molecule has 0 unspecified atom stereocenters. The van der Waals surface area contributed by atoms with E-state index in [9.17, 15) is 10.2 Å². The molecular weight excluding hydrogens is 260 g/mol. The van der Waals surface area contributed by atoms with Crippen LogP contribution in [-0.2, 0) is 5.41 Å². The highest BCUT2D eigenvalue weighted by atomic mass is 35.5. The highest BCUT2D eigenvalue weighted by Crippen LogP contribution is 2.62. The van der Waals surface area contributed by atoms with E-state index in [4.69, 9.17) is 11.6 Å². The predicted molar refractivity (Wildman–Crippen MR) is 74.6 cm³/mol. The fourth-order valence-corrected chi connectivity index (χ4v) is 5.58. The number of halogens is 1. The molecule has 19 heavy (non-hydrogen) atoms. The van der Waals surface area contributed by atoms with Crippen molar-refractivity contribution in [3.8, 4) is 11.5 Å². The summed E-state index contributed by atoms with van der Waals surface area (Å²) in [4.78, 5) is 0. The third-order valence-electron chi connectivity index (χ3n) is 5.67. The van der Waals surface area contributed by atoms with Gasteiger partial charge in [0.25, 0.3) is 0 Å². The van der Waals surface area contributed by atoms with Gasteiger partial charge in [0.1, 0.15) is 11.5 Å². The Kier molecular flexibility index (Phi) is 2.39. The highest BCUT2D eigenvalue weighted by Gasteiger charge is 2.52. The van der Waals surface area contributed by atoms with Gasteiger partial charge in [-0.15, -0.1) is 0 Å². The van der Waals surface area contributed by atoms with Crippen molar-refractivity contribution in [2.75, 3.05) is 0 Å². The number of benzene rings is 1. The Hall–Kier alpha value is -0.890. The molecule has 0 aliphatic heterocycles. The molecule has 102 valence electrons. The van der Waals surface area contributed by atoms with Crippen molar-refractivity contribution in [1.82, 2.24) is 0 Å². The number of phenolic OH excluding ortho intramolecular Hbond substituents is 2. The maximum Gasteiger partial charge on any atom is 0.137 e. The van der Waals surface area contributed by atoms with E-state index < -0.39 is 0 Å². The zero-order valence-electron chi connectivity index (χ0n) is 10.9. The molecule has 4 aliphatic carbocycles. The number of hydrogen-bond acceptors (Lipinski definition) is 2. The lowest BCUT2D eigenvalue weighted by molar-refractivity contribution is -0.00614. The molecule has 4 saturated carbocycles. The Labute approximate surface area is 118 Å². The second-order valence-corrected chi connectivity index (χ2v) is 7.43. The summed E-state index contributed by atoms with van der Waals surface area (Å²) in [5.41, 5.74) is 1.10. The van der Waals surface area contributed by atoms with Gasteiger partial charge in [-0.05, 0) is 67.8 Å². The Bertz CT molecular complexity index is 503. The Balaban J connectivity index is 1.81. The fraction of sp³-hybridized carbons (Fsp3) is 0.625. The number of aromatic hydroxyl groups is 2. The minimum atomic E-state index is -0.0207. The summed E-state index contributed by atoms with van der Waals surface area (Å²) in [6, 6.07) is 3.22. The minimum absolute atomic E-state index is 0.0207. The van der Waals surface area contributed by atoms with E-state index in [1.54, 1.807) is 6.07 Å². The van der Waals surface area contributed by atoms with Crippen LogP contribution in [0.5, 0.6) is 11.5 Å². The zero-order valence-corrected chi connectivity index (χ0v) is 11.7. The van der Waals surface area contributed by atoms with Gasteiger partial charge in [-0.25, -0.2) is 0 Å². The van der Waals surface area contributed by atoms with Crippen LogP contribution in [0.25, 0.3) is 0 Å². The molecule has 0 heterocycles. The van der Waals surface area contributed by atoms with Crippen molar-refractivity contribution < 1.29 is 10.2 Å². The van der Waals surface area contributed by atoms with Gasteiger partial charge in [-0.1, -0.05) is 11.6 Å². The van der Waals surface area contributed by atoms with E-state index in [2.05, 4.69) is 0 Å². The molecule has 4 bridgehead atoms. The van der Waals surface area contributed by atoms with Crippen LogP contribution in [0.3, 0.4) is 0 Å². The van der Waals surface area contributed by atoms with Gasteiger partial charge in [0.15, 0.2) is 0 Å². The van der Waals surface area contributed by atoms with Gasteiger partial charge in [-0.2, -0.15) is 0 Å². The van der Waals surface area contributed by atoms with Crippen molar-refractivity contribution >= 4 is 11.6 Å². The molecule has 0 saturated heterocycles. The summed E-state index contributed by atoms with van der Waals surface area (Å²) >= 11 is 6.06. The zero-order chi connectivity index (χ0) is 13.2. The molecule has 5 rings (SSSR count). The van der Waals surface area contributed by atoms with Crippen molar-refractivity contribution in [3.63, 3.8) is 0 Å². The molecule has 2 nitrogen and oxygen atoms in total. The van der Waals surface area contributed by atoms with E-state index in [-0.39, 0.29) is 16.9 Å². The predicted octanol–water partition coefficient (Wildman–Crippen LogP) is 4.22. The first-order chi connectivity index (χ1) is 9.06. The largest absolute Gasteiger partial charge is 0.508 e. The van der Waals surface area contributed by atoms with Crippen LogP contribution in [0.4, 0.5) is 0 Å². The maximum atomic E-state index is 10.3. The molecule has 3 heteroatoms. The monoisotopic (exact) mass is 278 g/mol. The Morgan fingerprint density at radius 3 is 1.95 bits per heavy atom. The van der Waals surface area contributed by atoms with Crippen LogP contribution in [0.15, 0.2) is 12.1 Å². The molecule has 4 fully saturated rings. The molecule has 4 aliphatic rings. The molecule has 0 aromatic heterocycles. The van der Waals surface area contributed by atoms with E-state index in [1.165, 1.54) is 44.6 Å². The van der Waals surface area contributed by atoms with Crippen LogP contribution >= 0.6 is 11.6 Å². The first kappa shape index (κ1) is 11.9. The van der Waals surface area contributed by atoms with Gasteiger partial charge < -0.3 is 10.2 Å². The van der Waals surface area contributed by atoms with Gasteiger partial charge in [0.05, 0.1) is 5.02 Å². The fourth-order valence-electron chi connectivity index (χ4n) is 5.42. The lowest BCUT2D eigenvalue weighted by Crippen LogP contribution is -2.48. The average Bonchev–Trinajstić information content (AvgIpc) is 2.32. The van der Waals surface area contributed by atoms with Crippen molar-refractivity contribution in [2.45, 2.75) is 43.9 Å². The lowest BCUT2D eigenvalue weighted by Gasteiger charge is -2.57. The van der Waals surface area contributed by atoms with Crippen LogP contribution in [-0.4, -0.2) is 10.2 Å². The summed E-state index contributed by atoms with van der Waals surface area (Å²) in [5.74, 6) is 2.70. The molecule has 1 aromatic carbocycles. The first-order valence-electron chi connectivity index (χ1n) is 7.28. The van der Waals surface area contributed by atoms with E-state index in [0.29, 0.717) is 5.02 Å². The summed E-state index contributed by atoms with van der Waals surface area (Å²) in [6.45, 7) is 0. The molecular formula is C16H19ClO2. The third-order valence-corrected chi connectivity index (χ3v) is 5.98. The molecule has 0 amide bonds. The normalized spacial score (nSPS) is 39.7. The molecule has 0 spiro atoms. The van der Waals surface area contributed by atoms with Gasteiger partial charge >= 0.3 is 0 Å². The third kappa shape index (κ3) is 1.69. The summed E-state index contributed by atoms with van der Waals surface area (Å²) < 4.78 is 0. The SMILES string of the molecule is Oc1cc(O)c(C23CC4CC(CC(C4)C2)C3)cc1Cl. The van der Waals surface area contributed by atoms with Crippen LogP contribution in [0.2, 0.25) is 5.02 Å². The van der Waals surface area contributed by atoms with Crippen LogP contribution in [0, 0.1) is 17.8 Å². The summed E-state index contributed by atoms with van der Waals surface area (Å²) in [6.07, 6.45) is 7.71. The molecule has 1 aromatic rings. The molecule has 0 radical (unpaired) electrons. The van der Waals surface area contributed by atoms with E-state index in [1.807, 2.05) is 0 Å². The Morgan fingerprint density at radius 2 is 1.42 bits per heavy atom. The minimum Gasteiger partial charge on any atom is -0.508 e. The first-order valence-corrected chi connectivity index (χ1v) is 7.65. The van der Waals surface area contributed by atoms with E-state index >= 15 is 0 Å². The van der Waals surface area contributed by atoms with Crippen molar-refractivity contribution in [3.05, 3.63) is 22.7 Å². The van der Waals surface area contributed by atoms with Gasteiger partial charge in [-0.3, -0.25) is 0 Å². The Morgan fingerprint density at radius 1 is 0.895 bits per heavy atom. The topological polar surface area (TPSA) is 40.5 Å². The highest BCUT2D eigenvalue weighted by molar-refractivity contribution is 6.32. The molecule has 0 atom stereocenters. The second kappa shape index (κ2) is 3.82.